The molecule has 0 saturated carbocycles. The second-order valence-electron chi connectivity index (χ2n) is 6.40. The van der Waals surface area contributed by atoms with E-state index in [0.29, 0.717) is 5.56 Å². The molecule has 0 saturated heterocycles. The van der Waals surface area contributed by atoms with Crippen LogP contribution in [0.5, 0.6) is 0 Å². The molecule has 0 spiro atoms. The van der Waals surface area contributed by atoms with Crippen LogP contribution >= 0.6 is 23.2 Å². The van der Waals surface area contributed by atoms with E-state index in [9.17, 15) is 28.6 Å². The van der Waals surface area contributed by atoms with Crippen LogP contribution in [0.4, 0.5) is 41.1 Å². The number of halogens is 4. The Morgan fingerprint density at radius 2 is 1.23 bits per heavy atom. The molecule has 2 amide bonds. The van der Waals surface area contributed by atoms with E-state index < -0.39 is 23.8 Å². The molecule has 0 aromatic heterocycles. The van der Waals surface area contributed by atoms with Crippen molar-refractivity contribution < 1.29 is 28.6 Å². The number of hydrogen-bond acceptors (Lipinski definition) is 2. The third-order valence-electron chi connectivity index (χ3n) is 4.38. The van der Waals surface area contributed by atoms with E-state index in [-0.39, 0.29) is 32.8 Å². The fraction of sp³-hybridized carbons (Fsp3) is 0.0476. The van der Waals surface area contributed by atoms with Gasteiger partial charge in [-0.25, -0.2) is 28.2 Å². The molecule has 0 radical (unpaired) electrons. The van der Waals surface area contributed by atoms with Gasteiger partial charge in [-0.15, -0.1) is 0 Å². The van der Waals surface area contributed by atoms with E-state index in [2.05, 4.69) is 0 Å². The van der Waals surface area contributed by atoms with Crippen molar-refractivity contribution in [2.45, 2.75) is 6.92 Å². The summed E-state index contributed by atoms with van der Waals surface area (Å²) in [5, 5.41) is 19.3. The summed E-state index contributed by atoms with van der Waals surface area (Å²) >= 11 is 12.1. The molecule has 3 aromatic rings. The van der Waals surface area contributed by atoms with Crippen LogP contribution < -0.4 is 9.80 Å². The number of anilines is 4. The maximum atomic E-state index is 13.4. The summed E-state index contributed by atoms with van der Waals surface area (Å²) in [6.45, 7) is 1.61. The maximum Gasteiger partial charge on any atom is 0.416 e. The first kappa shape index (κ1) is 22.3. The predicted molar refractivity (Wildman–Crippen MR) is 114 cm³/mol. The van der Waals surface area contributed by atoms with Crippen LogP contribution in [0.2, 0.25) is 10.0 Å². The number of rotatable bonds is 4. The highest BCUT2D eigenvalue weighted by Gasteiger charge is 2.25. The lowest BCUT2D eigenvalue weighted by Gasteiger charge is -2.26. The lowest BCUT2D eigenvalue weighted by molar-refractivity contribution is 0.204. The minimum absolute atomic E-state index is 0.0162. The standard InChI is InChI=1S/C21H14Cl2F2N2O4/c1-11-2-5-14(26(20(28)29)17-6-3-12(24)8-15(17)22)10-19(11)27(21(30)31)18-7-4-13(25)9-16(18)23/h2-10H,1H3,(H,28,29)(H,30,31). The van der Waals surface area contributed by atoms with Crippen LogP contribution in [0.25, 0.3) is 0 Å². The molecule has 31 heavy (non-hydrogen) atoms. The van der Waals surface area contributed by atoms with Gasteiger partial charge in [0.25, 0.3) is 0 Å². The minimum Gasteiger partial charge on any atom is -0.464 e. The summed E-state index contributed by atoms with van der Waals surface area (Å²) in [6, 6.07) is 10.7. The highest BCUT2D eigenvalue weighted by Crippen LogP contribution is 2.39. The molecule has 0 heterocycles. The van der Waals surface area contributed by atoms with Gasteiger partial charge in [-0.2, -0.15) is 0 Å². The van der Waals surface area contributed by atoms with Crippen molar-refractivity contribution in [2.75, 3.05) is 9.80 Å². The SMILES string of the molecule is Cc1ccc(N(C(=O)O)c2ccc(F)cc2Cl)cc1N(C(=O)O)c1ccc(F)cc1Cl. The van der Waals surface area contributed by atoms with Gasteiger partial charge in [0.15, 0.2) is 0 Å². The summed E-state index contributed by atoms with van der Waals surface area (Å²) in [4.78, 5) is 25.6. The van der Waals surface area contributed by atoms with Gasteiger partial charge in [0.1, 0.15) is 11.6 Å². The Bertz CT molecular complexity index is 1190. The first-order valence-electron chi connectivity index (χ1n) is 8.67. The number of nitrogens with zero attached hydrogens (tertiary/aromatic N) is 2. The van der Waals surface area contributed by atoms with Gasteiger partial charge in [0.05, 0.1) is 32.8 Å². The zero-order chi connectivity index (χ0) is 22.9. The molecule has 3 rings (SSSR count). The van der Waals surface area contributed by atoms with E-state index in [1.54, 1.807) is 6.92 Å². The number of amides is 2. The summed E-state index contributed by atoms with van der Waals surface area (Å²) in [5.74, 6) is -1.29. The van der Waals surface area contributed by atoms with Crippen LogP contribution in [0.3, 0.4) is 0 Å². The Balaban J connectivity index is 2.19. The smallest absolute Gasteiger partial charge is 0.416 e. The molecule has 3 aromatic carbocycles. The number of carboxylic acid groups (broad SMARTS) is 2. The molecular weight excluding hydrogens is 453 g/mol. The Hall–Kier alpha value is -3.36. The fourth-order valence-corrected chi connectivity index (χ4v) is 3.49. The second kappa shape index (κ2) is 8.79. The molecule has 0 aliphatic rings. The van der Waals surface area contributed by atoms with Gasteiger partial charge in [-0.05, 0) is 61.0 Å². The van der Waals surface area contributed by atoms with Crippen molar-refractivity contribution in [1.29, 1.82) is 0 Å². The minimum atomic E-state index is -1.43. The summed E-state index contributed by atoms with van der Waals surface area (Å²) in [6.07, 6.45) is -2.85. The molecule has 0 unspecified atom stereocenters. The summed E-state index contributed by atoms with van der Waals surface area (Å²) in [5.41, 5.74) is 0.570. The second-order valence-corrected chi connectivity index (χ2v) is 7.21. The van der Waals surface area contributed by atoms with Gasteiger partial charge in [-0.3, -0.25) is 0 Å². The van der Waals surface area contributed by atoms with E-state index in [1.165, 1.54) is 30.3 Å². The fourth-order valence-electron chi connectivity index (χ4n) is 2.99. The molecule has 0 aliphatic carbocycles. The van der Waals surface area contributed by atoms with E-state index in [4.69, 9.17) is 23.2 Å². The third-order valence-corrected chi connectivity index (χ3v) is 4.98. The van der Waals surface area contributed by atoms with E-state index in [0.717, 1.165) is 34.1 Å². The lowest BCUT2D eigenvalue weighted by atomic mass is 10.1. The largest absolute Gasteiger partial charge is 0.464 e. The first-order chi connectivity index (χ1) is 14.6. The molecule has 10 heteroatoms. The Morgan fingerprint density at radius 3 is 1.68 bits per heavy atom. The lowest BCUT2D eigenvalue weighted by Crippen LogP contribution is -2.27. The predicted octanol–water partition coefficient (Wildman–Crippen LogP) is 7.21. The Morgan fingerprint density at radius 1 is 0.742 bits per heavy atom. The molecule has 0 aliphatic heterocycles. The summed E-state index contributed by atoms with van der Waals surface area (Å²) < 4.78 is 26.9. The molecule has 6 nitrogen and oxygen atoms in total. The van der Waals surface area contributed by atoms with Gasteiger partial charge < -0.3 is 10.2 Å². The van der Waals surface area contributed by atoms with Crippen molar-refractivity contribution in [3.05, 3.63) is 81.8 Å². The van der Waals surface area contributed by atoms with Crippen molar-refractivity contribution >= 4 is 58.1 Å². The maximum absolute atomic E-state index is 13.4. The van der Waals surface area contributed by atoms with Crippen LogP contribution in [-0.2, 0) is 0 Å². The highest BCUT2D eigenvalue weighted by molar-refractivity contribution is 6.34. The van der Waals surface area contributed by atoms with Crippen molar-refractivity contribution in [1.82, 2.24) is 0 Å². The molecule has 0 fully saturated rings. The number of hydrogen-bond donors (Lipinski definition) is 2. The molecule has 0 atom stereocenters. The Labute approximate surface area is 185 Å². The third kappa shape index (κ3) is 4.55. The van der Waals surface area contributed by atoms with Crippen molar-refractivity contribution in [3.8, 4) is 0 Å². The normalized spacial score (nSPS) is 10.6. The molecular formula is C21H14Cl2F2N2O4. The number of benzene rings is 3. The van der Waals surface area contributed by atoms with Gasteiger partial charge >= 0.3 is 12.2 Å². The quantitative estimate of drug-likeness (QED) is 0.425. The van der Waals surface area contributed by atoms with Gasteiger partial charge in [0, 0.05) is 0 Å². The van der Waals surface area contributed by atoms with Crippen LogP contribution in [0, 0.1) is 18.6 Å². The zero-order valence-electron chi connectivity index (χ0n) is 15.8. The average molecular weight is 467 g/mol. The van der Waals surface area contributed by atoms with E-state index >= 15 is 0 Å². The van der Waals surface area contributed by atoms with Crippen molar-refractivity contribution in [2.24, 2.45) is 0 Å². The zero-order valence-corrected chi connectivity index (χ0v) is 17.3. The van der Waals surface area contributed by atoms with Crippen LogP contribution in [-0.4, -0.2) is 22.4 Å². The highest BCUT2D eigenvalue weighted by atomic mass is 35.5. The average Bonchev–Trinajstić information content (AvgIpc) is 2.67. The van der Waals surface area contributed by atoms with E-state index in [1.807, 2.05) is 0 Å². The summed E-state index contributed by atoms with van der Waals surface area (Å²) in [7, 11) is 0. The first-order valence-corrected chi connectivity index (χ1v) is 9.42. The van der Waals surface area contributed by atoms with Crippen LogP contribution in [0.15, 0.2) is 54.6 Å². The van der Waals surface area contributed by atoms with Gasteiger partial charge in [-0.1, -0.05) is 29.3 Å². The monoisotopic (exact) mass is 466 g/mol. The topological polar surface area (TPSA) is 81.1 Å². The van der Waals surface area contributed by atoms with Crippen LogP contribution in [0.1, 0.15) is 5.56 Å². The molecule has 0 bridgehead atoms. The van der Waals surface area contributed by atoms with Gasteiger partial charge in [0.2, 0.25) is 0 Å². The van der Waals surface area contributed by atoms with Crippen molar-refractivity contribution in [3.63, 3.8) is 0 Å². The number of aryl methyl sites for hydroxylation is 1. The number of carbonyl (C=O) groups is 2. The molecule has 2 N–H and O–H groups in total. The molecule has 160 valence electrons. The Kier molecular flexibility index (Phi) is 6.33.